The average molecular weight is 212 g/mol. The Bertz CT molecular complexity index is 337. The van der Waals surface area contributed by atoms with Crippen molar-refractivity contribution in [1.82, 2.24) is 0 Å². The van der Waals surface area contributed by atoms with Crippen molar-refractivity contribution in [3.8, 4) is 5.75 Å². The van der Waals surface area contributed by atoms with E-state index in [9.17, 15) is 4.39 Å². The molecule has 0 amide bonds. The molecular weight excluding hydrogens is 199 g/mol. The number of hydrogen-bond acceptors (Lipinski definition) is 3. The molecule has 0 N–H and O–H groups in total. The highest BCUT2D eigenvalue weighted by atomic mass is 19.1. The Morgan fingerprint density at radius 3 is 2.93 bits per heavy atom. The number of hydrogen-bond donors (Lipinski definition) is 0. The summed E-state index contributed by atoms with van der Waals surface area (Å²) in [5, 5.41) is 0. The van der Waals surface area contributed by atoms with E-state index in [-0.39, 0.29) is 18.5 Å². The molecule has 1 aromatic carbocycles. The molecule has 1 aliphatic heterocycles. The molecule has 15 heavy (non-hydrogen) atoms. The largest absolute Gasteiger partial charge is 0.497 e. The molecule has 0 radical (unpaired) electrons. The van der Waals surface area contributed by atoms with E-state index in [1.807, 2.05) is 0 Å². The molecule has 0 spiro atoms. The summed E-state index contributed by atoms with van der Waals surface area (Å²) in [4.78, 5) is 0. The number of rotatable bonds is 5. The maximum absolute atomic E-state index is 13.4. The highest BCUT2D eigenvalue weighted by Crippen LogP contribution is 2.17. The van der Waals surface area contributed by atoms with Crippen LogP contribution in [0.25, 0.3) is 0 Å². The molecule has 0 aromatic heterocycles. The van der Waals surface area contributed by atoms with Gasteiger partial charge in [-0.15, -0.1) is 0 Å². The summed E-state index contributed by atoms with van der Waals surface area (Å²) in [5.74, 6) is 0.216. The minimum atomic E-state index is -0.300. The minimum absolute atomic E-state index is 0.214. The third-order valence-corrected chi connectivity index (χ3v) is 2.22. The van der Waals surface area contributed by atoms with Gasteiger partial charge >= 0.3 is 0 Å². The predicted octanol–water partition coefficient (Wildman–Crippen LogP) is 1.75. The van der Waals surface area contributed by atoms with Crippen LogP contribution < -0.4 is 4.74 Å². The molecule has 1 heterocycles. The van der Waals surface area contributed by atoms with Crippen molar-refractivity contribution >= 4 is 0 Å². The van der Waals surface area contributed by atoms with Crippen LogP contribution in [0.3, 0.4) is 0 Å². The fourth-order valence-electron chi connectivity index (χ4n) is 1.24. The standard InChI is InChI=1S/C11H13FO3/c1-13-9-3-2-8(11(12)4-9)5-14-6-10-7-15-10/h2-4,10H,5-7H2,1H3/t10-/m0/s1. The van der Waals surface area contributed by atoms with E-state index < -0.39 is 0 Å². The van der Waals surface area contributed by atoms with Crippen LogP contribution in [-0.2, 0) is 16.1 Å². The number of methoxy groups -OCH3 is 1. The molecule has 82 valence electrons. The van der Waals surface area contributed by atoms with Crippen LogP contribution in [-0.4, -0.2) is 26.4 Å². The van der Waals surface area contributed by atoms with Crippen molar-refractivity contribution < 1.29 is 18.6 Å². The van der Waals surface area contributed by atoms with Gasteiger partial charge in [-0.1, -0.05) is 6.07 Å². The quantitative estimate of drug-likeness (QED) is 0.697. The van der Waals surface area contributed by atoms with Crippen LogP contribution in [0.5, 0.6) is 5.75 Å². The van der Waals surface area contributed by atoms with E-state index in [2.05, 4.69) is 0 Å². The molecule has 0 unspecified atom stereocenters. The highest BCUT2D eigenvalue weighted by Gasteiger charge is 2.22. The number of ether oxygens (including phenoxy) is 3. The van der Waals surface area contributed by atoms with E-state index in [4.69, 9.17) is 14.2 Å². The van der Waals surface area contributed by atoms with E-state index in [0.717, 1.165) is 6.61 Å². The maximum atomic E-state index is 13.4. The highest BCUT2D eigenvalue weighted by molar-refractivity contribution is 5.28. The molecule has 0 saturated carbocycles. The molecule has 2 rings (SSSR count). The summed E-state index contributed by atoms with van der Waals surface area (Å²) in [7, 11) is 1.51. The third kappa shape index (κ3) is 2.91. The molecule has 1 atom stereocenters. The van der Waals surface area contributed by atoms with Crippen LogP contribution in [0.15, 0.2) is 18.2 Å². The lowest BCUT2D eigenvalue weighted by Crippen LogP contribution is -2.02. The third-order valence-electron chi connectivity index (χ3n) is 2.22. The zero-order valence-corrected chi connectivity index (χ0v) is 8.53. The van der Waals surface area contributed by atoms with Crippen molar-refractivity contribution in [1.29, 1.82) is 0 Å². The van der Waals surface area contributed by atoms with Gasteiger partial charge in [0.25, 0.3) is 0 Å². The van der Waals surface area contributed by atoms with Crippen molar-refractivity contribution in [3.63, 3.8) is 0 Å². The van der Waals surface area contributed by atoms with Crippen LogP contribution in [0.4, 0.5) is 4.39 Å². The maximum Gasteiger partial charge on any atom is 0.132 e. The lowest BCUT2D eigenvalue weighted by atomic mass is 10.2. The van der Waals surface area contributed by atoms with Gasteiger partial charge in [-0.3, -0.25) is 0 Å². The van der Waals surface area contributed by atoms with E-state index in [1.54, 1.807) is 12.1 Å². The van der Waals surface area contributed by atoms with E-state index in [0.29, 0.717) is 17.9 Å². The van der Waals surface area contributed by atoms with Crippen molar-refractivity contribution in [3.05, 3.63) is 29.6 Å². The zero-order chi connectivity index (χ0) is 10.7. The van der Waals surface area contributed by atoms with Gasteiger partial charge in [0.05, 0.1) is 26.9 Å². The van der Waals surface area contributed by atoms with E-state index >= 15 is 0 Å². The Labute approximate surface area is 87.8 Å². The second-order valence-electron chi connectivity index (χ2n) is 3.43. The first kappa shape index (κ1) is 10.4. The molecule has 1 aromatic rings. The summed E-state index contributed by atoms with van der Waals surface area (Å²) in [6.45, 7) is 1.56. The van der Waals surface area contributed by atoms with Crippen LogP contribution >= 0.6 is 0 Å². The van der Waals surface area contributed by atoms with Crippen molar-refractivity contribution in [2.24, 2.45) is 0 Å². The Hall–Kier alpha value is -1.13. The first-order valence-corrected chi connectivity index (χ1v) is 4.81. The number of halogens is 1. The summed E-state index contributed by atoms with van der Waals surface area (Å²) in [6.07, 6.45) is 0.214. The van der Waals surface area contributed by atoms with E-state index in [1.165, 1.54) is 13.2 Å². The summed E-state index contributed by atoms with van der Waals surface area (Å²) >= 11 is 0. The Balaban J connectivity index is 1.88. The van der Waals surface area contributed by atoms with Crippen molar-refractivity contribution in [2.75, 3.05) is 20.3 Å². The molecule has 0 aliphatic carbocycles. The van der Waals surface area contributed by atoms with Crippen LogP contribution in [0.2, 0.25) is 0 Å². The van der Waals surface area contributed by atoms with Gasteiger partial charge in [-0.2, -0.15) is 0 Å². The number of epoxide rings is 1. The lowest BCUT2D eigenvalue weighted by Gasteiger charge is -2.05. The average Bonchev–Trinajstić information content (AvgIpc) is 3.04. The van der Waals surface area contributed by atoms with Gasteiger partial charge in [-0.05, 0) is 6.07 Å². The first-order chi connectivity index (χ1) is 7.29. The topological polar surface area (TPSA) is 31.0 Å². The second-order valence-corrected chi connectivity index (χ2v) is 3.43. The van der Waals surface area contributed by atoms with Gasteiger partial charge < -0.3 is 14.2 Å². The SMILES string of the molecule is COc1ccc(COC[C@H]2CO2)c(F)c1. The molecule has 1 saturated heterocycles. The van der Waals surface area contributed by atoms with Gasteiger partial charge in [0.1, 0.15) is 17.7 Å². The minimum Gasteiger partial charge on any atom is -0.497 e. The monoisotopic (exact) mass is 212 g/mol. The first-order valence-electron chi connectivity index (χ1n) is 4.81. The summed E-state index contributed by atoms with van der Waals surface area (Å²) in [6, 6.07) is 4.74. The predicted molar refractivity (Wildman–Crippen MR) is 52.3 cm³/mol. The molecular formula is C11H13FO3. The molecule has 1 fully saturated rings. The lowest BCUT2D eigenvalue weighted by molar-refractivity contribution is 0.102. The van der Waals surface area contributed by atoms with Gasteiger partial charge in [-0.25, -0.2) is 4.39 Å². The molecule has 3 nitrogen and oxygen atoms in total. The number of benzene rings is 1. The smallest absolute Gasteiger partial charge is 0.132 e. The fourth-order valence-corrected chi connectivity index (χ4v) is 1.24. The van der Waals surface area contributed by atoms with Gasteiger partial charge in [0, 0.05) is 11.6 Å². The summed E-state index contributed by atoms with van der Waals surface area (Å²) in [5.41, 5.74) is 0.538. The van der Waals surface area contributed by atoms with Crippen LogP contribution in [0.1, 0.15) is 5.56 Å². The van der Waals surface area contributed by atoms with Gasteiger partial charge in [0.15, 0.2) is 0 Å². The Morgan fingerprint density at radius 2 is 2.33 bits per heavy atom. The zero-order valence-electron chi connectivity index (χ0n) is 8.53. The Kier molecular flexibility index (Phi) is 3.18. The van der Waals surface area contributed by atoms with Crippen molar-refractivity contribution in [2.45, 2.75) is 12.7 Å². The van der Waals surface area contributed by atoms with Crippen LogP contribution in [0, 0.1) is 5.82 Å². The summed E-state index contributed by atoms with van der Waals surface area (Å²) < 4.78 is 28.6. The second kappa shape index (κ2) is 4.59. The Morgan fingerprint density at radius 1 is 1.53 bits per heavy atom. The molecule has 0 bridgehead atoms. The normalized spacial score (nSPS) is 18.9. The molecule has 1 aliphatic rings. The fraction of sp³-hybridized carbons (Fsp3) is 0.455. The van der Waals surface area contributed by atoms with Gasteiger partial charge in [0.2, 0.25) is 0 Å². The molecule has 4 heteroatoms.